The van der Waals surface area contributed by atoms with E-state index in [1.54, 1.807) is 24.7 Å². The van der Waals surface area contributed by atoms with E-state index in [1.807, 2.05) is 13.8 Å². The molecule has 1 aromatic heterocycles. The van der Waals surface area contributed by atoms with E-state index < -0.39 is 10.0 Å². The number of rotatable bonds is 2. The van der Waals surface area contributed by atoms with Crippen molar-refractivity contribution in [3.63, 3.8) is 0 Å². The molecule has 1 aliphatic heterocycles. The molecular weight excluding hydrogens is 288 g/mol. The van der Waals surface area contributed by atoms with Crippen molar-refractivity contribution < 1.29 is 8.42 Å². The van der Waals surface area contributed by atoms with Gasteiger partial charge in [0, 0.05) is 38.4 Å². The Hall–Kier alpha value is -0.630. The van der Waals surface area contributed by atoms with Crippen LogP contribution >= 0.6 is 12.4 Å². The summed E-state index contributed by atoms with van der Waals surface area (Å²) in [6, 6.07) is 0.120. The minimum Gasteiger partial charge on any atom is -0.337 e. The zero-order valence-corrected chi connectivity index (χ0v) is 13.3. The van der Waals surface area contributed by atoms with Crippen molar-refractivity contribution in [3.05, 3.63) is 12.0 Å². The van der Waals surface area contributed by atoms with Gasteiger partial charge >= 0.3 is 0 Å². The van der Waals surface area contributed by atoms with Gasteiger partial charge in [-0.25, -0.2) is 13.4 Å². The van der Waals surface area contributed by atoms with Gasteiger partial charge in [-0.1, -0.05) is 0 Å². The predicted molar refractivity (Wildman–Crippen MR) is 76.0 cm³/mol. The second-order valence-corrected chi connectivity index (χ2v) is 6.81. The van der Waals surface area contributed by atoms with Gasteiger partial charge in [-0.05, 0) is 20.8 Å². The van der Waals surface area contributed by atoms with Crippen LogP contribution in [0.4, 0.5) is 0 Å². The molecule has 1 aromatic rings. The van der Waals surface area contributed by atoms with E-state index in [2.05, 4.69) is 10.3 Å². The molecule has 1 aliphatic rings. The van der Waals surface area contributed by atoms with Crippen molar-refractivity contribution in [2.75, 3.05) is 13.1 Å². The summed E-state index contributed by atoms with van der Waals surface area (Å²) in [4.78, 5) is 4.13. The third-order valence-electron chi connectivity index (χ3n) is 3.37. The molecule has 0 aromatic carbocycles. The smallest absolute Gasteiger partial charge is 0.262 e. The Morgan fingerprint density at radius 2 is 2.05 bits per heavy atom. The number of imidazole rings is 1. The highest BCUT2D eigenvalue weighted by molar-refractivity contribution is 7.89. The molecule has 2 rings (SSSR count). The molecule has 0 bridgehead atoms. The molecule has 0 aliphatic carbocycles. The molecule has 1 N–H and O–H groups in total. The number of piperazine rings is 1. The van der Waals surface area contributed by atoms with Gasteiger partial charge in [-0.15, -0.1) is 12.4 Å². The Morgan fingerprint density at radius 3 is 2.58 bits per heavy atom. The first-order valence-corrected chi connectivity index (χ1v) is 7.51. The van der Waals surface area contributed by atoms with Crippen molar-refractivity contribution in [2.24, 2.45) is 7.05 Å². The lowest BCUT2D eigenvalue weighted by Gasteiger charge is -2.35. The van der Waals surface area contributed by atoms with Crippen LogP contribution in [-0.2, 0) is 17.1 Å². The lowest BCUT2D eigenvalue weighted by molar-refractivity contribution is 0.244. The van der Waals surface area contributed by atoms with Crippen molar-refractivity contribution in [1.29, 1.82) is 0 Å². The molecule has 19 heavy (non-hydrogen) atoms. The number of hydrogen-bond donors (Lipinski definition) is 1. The maximum absolute atomic E-state index is 12.5. The maximum Gasteiger partial charge on any atom is 0.262 e. The zero-order chi connectivity index (χ0) is 13.5. The molecule has 0 radical (unpaired) electrons. The van der Waals surface area contributed by atoms with Crippen LogP contribution in [0.5, 0.6) is 0 Å². The first kappa shape index (κ1) is 16.4. The molecule has 2 unspecified atom stereocenters. The van der Waals surface area contributed by atoms with Gasteiger partial charge < -0.3 is 9.88 Å². The monoisotopic (exact) mass is 308 g/mol. The largest absolute Gasteiger partial charge is 0.337 e. The zero-order valence-electron chi connectivity index (χ0n) is 11.6. The minimum atomic E-state index is -3.48. The maximum atomic E-state index is 12.5. The summed E-state index contributed by atoms with van der Waals surface area (Å²) in [6.07, 6.45) is 1.57. The number of aryl methyl sites for hydroxylation is 2. The van der Waals surface area contributed by atoms with E-state index in [1.165, 1.54) is 4.31 Å². The van der Waals surface area contributed by atoms with Gasteiger partial charge in [0.1, 0.15) is 5.82 Å². The average Bonchev–Trinajstić information content (AvgIpc) is 2.63. The summed E-state index contributed by atoms with van der Waals surface area (Å²) < 4.78 is 28.3. The Kier molecular flexibility index (Phi) is 5.00. The first-order chi connectivity index (χ1) is 8.32. The van der Waals surface area contributed by atoms with Crippen molar-refractivity contribution in [1.82, 2.24) is 19.2 Å². The summed E-state index contributed by atoms with van der Waals surface area (Å²) in [6.45, 7) is 6.85. The van der Waals surface area contributed by atoms with Crippen LogP contribution in [0.25, 0.3) is 0 Å². The highest BCUT2D eigenvalue weighted by Gasteiger charge is 2.34. The molecular formula is C11H21ClN4O2S. The summed E-state index contributed by atoms with van der Waals surface area (Å²) in [5, 5.41) is 3.41. The summed E-state index contributed by atoms with van der Waals surface area (Å²) in [5.74, 6) is 0.699. The number of nitrogens with one attached hydrogen (secondary N) is 1. The molecule has 0 spiro atoms. The van der Waals surface area contributed by atoms with Gasteiger partial charge in [0.05, 0.1) is 0 Å². The lowest BCUT2D eigenvalue weighted by atomic mass is 10.2. The second-order valence-electron chi connectivity index (χ2n) is 4.97. The quantitative estimate of drug-likeness (QED) is 0.865. The molecule has 2 atom stereocenters. The van der Waals surface area contributed by atoms with E-state index in [0.29, 0.717) is 18.9 Å². The van der Waals surface area contributed by atoms with Gasteiger partial charge in [-0.2, -0.15) is 4.31 Å². The highest BCUT2D eigenvalue weighted by Crippen LogP contribution is 2.19. The summed E-state index contributed by atoms with van der Waals surface area (Å²) >= 11 is 0. The standard InChI is InChI=1S/C11H20N4O2S.ClH/c1-8-6-15(9(2)5-12-8)18(16,17)11-7-14(4)10(3)13-11;/h7-9,12H,5-6H2,1-4H3;1H. The lowest BCUT2D eigenvalue weighted by Crippen LogP contribution is -2.56. The highest BCUT2D eigenvalue weighted by atomic mass is 35.5. The van der Waals surface area contributed by atoms with Gasteiger partial charge in [-0.3, -0.25) is 0 Å². The fourth-order valence-electron chi connectivity index (χ4n) is 2.09. The molecule has 1 saturated heterocycles. The first-order valence-electron chi connectivity index (χ1n) is 6.07. The summed E-state index contributed by atoms with van der Waals surface area (Å²) in [7, 11) is -1.69. The molecule has 0 saturated carbocycles. The van der Waals surface area contributed by atoms with Gasteiger partial charge in [0.25, 0.3) is 10.0 Å². The SMILES string of the molecule is Cc1nc(S(=O)(=O)N2CC(C)NCC2C)cn1C.Cl. The molecule has 8 heteroatoms. The minimum absolute atomic E-state index is 0. The Labute approximate surface area is 120 Å². The molecule has 1 fully saturated rings. The van der Waals surface area contributed by atoms with Crippen molar-refractivity contribution in [3.8, 4) is 0 Å². The average molecular weight is 309 g/mol. The second kappa shape index (κ2) is 5.78. The van der Waals surface area contributed by atoms with E-state index in [4.69, 9.17) is 0 Å². The van der Waals surface area contributed by atoms with E-state index in [-0.39, 0.29) is 29.5 Å². The van der Waals surface area contributed by atoms with E-state index >= 15 is 0 Å². The Balaban J connectivity index is 0.00000180. The number of aromatic nitrogens is 2. The van der Waals surface area contributed by atoms with Crippen LogP contribution < -0.4 is 5.32 Å². The Bertz CT molecular complexity index is 523. The fraction of sp³-hybridized carbons (Fsp3) is 0.727. The predicted octanol–water partition coefficient (Wildman–Crippen LogP) is 0.521. The van der Waals surface area contributed by atoms with Crippen LogP contribution in [0, 0.1) is 6.92 Å². The number of nitrogens with zero attached hydrogens (tertiary/aromatic N) is 3. The number of hydrogen-bond acceptors (Lipinski definition) is 4. The van der Waals surface area contributed by atoms with E-state index in [0.717, 1.165) is 0 Å². The van der Waals surface area contributed by atoms with Crippen LogP contribution in [0.2, 0.25) is 0 Å². The Morgan fingerprint density at radius 1 is 1.42 bits per heavy atom. The molecule has 110 valence electrons. The van der Waals surface area contributed by atoms with Crippen LogP contribution in [0.1, 0.15) is 19.7 Å². The van der Waals surface area contributed by atoms with Crippen molar-refractivity contribution in [2.45, 2.75) is 37.9 Å². The van der Waals surface area contributed by atoms with Gasteiger partial charge in [0.15, 0.2) is 5.03 Å². The molecule has 2 heterocycles. The normalized spacial score (nSPS) is 25.1. The topological polar surface area (TPSA) is 67.2 Å². The van der Waals surface area contributed by atoms with Crippen LogP contribution in [0.3, 0.4) is 0 Å². The van der Waals surface area contributed by atoms with Crippen molar-refractivity contribution >= 4 is 22.4 Å². The van der Waals surface area contributed by atoms with Gasteiger partial charge in [0.2, 0.25) is 0 Å². The molecule has 6 nitrogen and oxygen atoms in total. The van der Waals surface area contributed by atoms with E-state index in [9.17, 15) is 8.42 Å². The van der Waals surface area contributed by atoms with Crippen LogP contribution in [-0.4, -0.2) is 47.4 Å². The third-order valence-corrected chi connectivity index (χ3v) is 5.22. The number of halogens is 1. The third kappa shape index (κ3) is 3.10. The van der Waals surface area contributed by atoms with Crippen LogP contribution in [0.15, 0.2) is 11.2 Å². The summed E-state index contributed by atoms with van der Waals surface area (Å²) in [5.41, 5.74) is 0. The molecule has 0 amide bonds. The number of sulfonamides is 1. The fourth-order valence-corrected chi connectivity index (χ4v) is 3.84.